The van der Waals surface area contributed by atoms with Crippen molar-refractivity contribution >= 4 is 25.5 Å². The molecule has 1 aromatic heterocycles. The molecule has 0 aliphatic rings. The van der Waals surface area contributed by atoms with Gasteiger partial charge in [0.15, 0.2) is 5.96 Å². The molecular formula is C8H15N4O4PS. The van der Waals surface area contributed by atoms with Crippen molar-refractivity contribution in [3.8, 4) is 0 Å². The van der Waals surface area contributed by atoms with E-state index in [1.807, 2.05) is 5.09 Å². The third-order valence-electron chi connectivity index (χ3n) is 1.72. The summed E-state index contributed by atoms with van der Waals surface area (Å²) in [6, 6.07) is 0. The molecule has 0 atom stereocenters. The molecule has 1 aromatic rings. The average molecular weight is 294 g/mol. The first-order valence-corrected chi connectivity index (χ1v) is 7.78. The van der Waals surface area contributed by atoms with E-state index in [4.69, 9.17) is 14.2 Å². The molecule has 0 aromatic carbocycles. The molecule has 0 saturated carbocycles. The van der Waals surface area contributed by atoms with Gasteiger partial charge in [-0.2, -0.15) is 11.8 Å². The molecular weight excluding hydrogens is 279 g/mol. The number of nitrogens with zero attached hydrogens (tertiary/aromatic N) is 2. The van der Waals surface area contributed by atoms with Crippen molar-refractivity contribution < 1.29 is 18.8 Å². The number of oxazole rings is 1. The summed E-state index contributed by atoms with van der Waals surface area (Å²) in [4.78, 5) is 25.1. The van der Waals surface area contributed by atoms with Gasteiger partial charge in [-0.15, -0.1) is 0 Å². The van der Waals surface area contributed by atoms with E-state index in [0.717, 1.165) is 5.75 Å². The van der Waals surface area contributed by atoms with Gasteiger partial charge in [-0.25, -0.2) is 9.55 Å². The SMILES string of the molecule is CN=C(NCCSCc1ncco1)NP(=O)(O)O. The first kappa shape index (κ1) is 15.0. The number of hydrogen-bond acceptors (Lipinski definition) is 5. The second kappa shape index (κ2) is 7.42. The quantitative estimate of drug-likeness (QED) is 0.253. The largest absolute Gasteiger partial charge is 0.448 e. The zero-order valence-electron chi connectivity index (χ0n) is 9.74. The van der Waals surface area contributed by atoms with Gasteiger partial charge in [0.05, 0.1) is 11.9 Å². The molecule has 4 N–H and O–H groups in total. The van der Waals surface area contributed by atoms with Crippen molar-refractivity contribution in [2.24, 2.45) is 4.99 Å². The van der Waals surface area contributed by atoms with Crippen LogP contribution >= 0.6 is 19.5 Å². The predicted molar refractivity (Wildman–Crippen MR) is 69.2 cm³/mol. The molecule has 0 bridgehead atoms. The van der Waals surface area contributed by atoms with E-state index in [2.05, 4.69) is 15.3 Å². The minimum absolute atomic E-state index is 0.0695. The van der Waals surface area contributed by atoms with E-state index in [0.29, 0.717) is 18.2 Å². The third-order valence-corrected chi connectivity index (χ3v) is 3.17. The van der Waals surface area contributed by atoms with Gasteiger partial charge in [0, 0.05) is 19.3 Å². The summed E-state index contributed by atoms with van der Waals surface area (Å²) in [7, 11) is -2.87. The lowest BCUT2D eigenvalue weighted by Crippen LogP contribution is -2.36. The Morgan fingerprint density at radius 1 is 1.67 bits per heavy atom. The monoisotopic (exact) mass is 294 g/mol. The van der Waals surface area contributed by atoms with Crippen LogP contribution < -0.4 is 10.4 Å². The van der Waals surface area contributed by atoms with E-state index in [9.17, 15) is 4.57 Å². The first-order valence-electron chi connectivity index (χ1n) is 5.02. The maximum atomic E-state index is 10.7. The maximum absolute atomic E-state index is 10.7. The highest BCUT2D eigenvalue weighted by Crippen LogP contribution is 2.27. The number of nitrogens with one attached hydrogen (secondary N) is 2. The molecule has 10 heteroatoms. The van der Waals surface area contributed by atoms with Gasteiger partial charge in [0.25, 0.3) is 0 Å². The molecule has 0 unspecified atom stereocenters. The number of aliphatic imine (C=N–C) groups is 1. The van der Waals surface area contributed by atoms with Crippen LogP contribution in [-0.4, -0.2) is 40.1 Å². The summed E-state index contributed by atoms with van der Waals surface area (Å²) < 4.78 is 15.7. The van der Waals surface area contributed by atoms with E-state index in [-0.39, 0.29) is 5.96 Å². The lowest BCUT2D eigenvalue weighted by atomic mass is 10.7. The van der Waals surface area contributed by atoms with E-state index < -0.39 is 7.75 Å². The van der Waals surface area contributed by atoms with Crippen LogP contribution in [0, 0.1) is 0 Å². The molecule has 8 nitrogen and oxygen atoms in total. The Balaban J connectivity index is 2.14. The van der Waals surface area contributed by atoms with Crippen LogP contribution in [0.5, 0.6) is 0 Å². The Morgan fingerprint density at radius 2 is 2.44 bits per heavy atom. The molecule has 0 radical (unpaired) electrons. The number of hydrogen-bond donors (Lipinski definition) is 4. The summed E-state index contributed by atoms with van der Waals surface area (Å²) in [6.07, 6.45) is 3.10. The molecule has 1 heterocycles. The Morgan fingerprint density at radius 3 is 3.00 bits per heavy atom. The van der Waals surface area contributed by atoms with Crippen molar-refractivity contribution in [3.63, 3.8) is 0 Å². The van der Waals surface area contributed by atoms with Gasteiger partial charge in [0.2, 0.25) is 5.89 Å². The molecule has 0 saturated heterocycles. The zero-order chi connectivity index (χ0) is 13.4. The normalized spacial score (nSPS) is 12.5. The lowest BCUT2D eigenvalue weighted by molar-refractivity contribution is 0.366. The van der Waals surface area contributed by atoms with Gasteiger partial charge in [-0.3, -0.25) is 10.1 Å². The van der Waals surface area contributed by atoms with Crippen LogP contribution in [0.1, 0.15) is 5.89 Å². The third kappa shape index (κ3) is 6.65. The van der Waals surface area contributed by atoms with E-state index in [1.54, 1.807) is 18.0 Å². The molecule has 0 fully saturated rings. The second-order valence-electron chi connectivity index (χ2n) is 3.13. The maximum Gasteiger partial charge on any atom is 0.429 e. The first-order chi connectivity index (χ1) is 8.51. The minimum Gasteiger partial charge on any atom is -0.448 e. The molecule has 0 aliphatic carbocycles. The van der Waals surface area contributed by atoms with Crippen LogP contribution in [0.25, 0.3) is 0 Å². The van der Waals surface area contributed by atoms with Gasteiger partial charge in [-0.05, 0) is 0 Å². The number of rotatable bonds is 6. The molecule has 0 aliphatic heterocycles. The van der Waals surface area contributed by atoms with Crippen molar-refractivity contribution in [2.75, 3.05) is 19.3 Å². The standard InChI is InChI=1S/C8H15N4O4PS/c1-9-8(12-17(13,14)15)11-3-5-18-6-7-10-2-4-16-7/h2,4H,3,5-6H2,1H3,(H4,9,11,12,13,14,15). The molecule has 18 heavy (non-hydrogen) atoms. The molecule has 1 rings (SSSR count). The number of thioether (sulfide) groups is 1. The van der Waals surface area contributed by atoms with Gasteiger partial charge in [-0.1, -0.05) is 0 Å². The topological polar surface area (TPSA) is 120 Å². The fourth-order valence-electron chi connectivity index (χ4n) is 1.03. The van der Waals surface area contributed by atoms with Crippen LogP contribution in [0.3, 0.4) is 0 Å². The van der Waals surface area contributed by atoms with Crippen molar-refractivity contribution in [3.05, 3.63) is 18.4 Å². The Hall–Kier alpha value is -1.02. The van der Waals surface area contributed by atoms with Crippen molar-refractivity contribution in [1.82, 2.24) is 15.4 Å². The highest BCUT2D eigenvalue weighted by Gasteiger charge is 2.14. The van der Waals surface area contributed by atoms with Crippen LogP contribution in [0.2, 0.25) is 0 Å². The van der Waals surface area contributed by atoms with Crippen molar-refractivity contribution in [2.45, 2.75) is 5.75 Å². The lowest BCUT2D eigenvalue weighted by Gasteiger charge is -2.11. The summed E-state index contributed by atoms with van der Waals surface area (Å²) in [5.41, 5.74) is 0. The van der Waals surface area contributed by atoms with Gasteiger partial charge < -0.3 is 19.5 Å². The number of guanidine groups is 1. The Kier molecular flexibility index (Phi) is 6.20. The van der Waals surface area contributed by atoms with Crippen molar-refractivity contribution in [1.29, 1.82) is 0 Å². The molecule has 0 spiro atoms. The average Bonchev–Trinajstić information content (AvgIpc) is 2.78. The Bertz CT molecular complexity index is 419. The summed E-state index contributed by atoms with van der Waals surface area (Å²) in [6.45, 7) is 0.519. The van der Waals surface area contributed by atoms with Crippen LogP contribution in [0.15, 0.2) is 21.9 Å². The van der Waals surface area contributed by atoms with Gasteiger partial charge in [0.1, 0.15) is 6.26 Å². The zero-order valence-corrected chi connectivity index (χ0v) is 11.4. The van der Waals surface area contributed by atoms with Gasteiger partial charge >= 0.3 is 7.75 Å². The van der Waals surface area contributed by atoms with E-state index >= 15 is 0 Å². The smallest absolute Gasteiger partial charge is 0.429 e. The number of aromatic nitrogens is 1. The molecule has 0 amide bonds. The second-order valence-corrected chi connectivity index (χ2v) is 5.55. The fraction of sp³-hybridized carbons (Fsp3) is 0.500. The summed E-state index contributed by atoms with van der Waals surface area (Å²) >= 11 is 1.59. The highest BCUT2D eigenvalue weighted by atomic mass is 32.2. The summed E-state index contributed by atoms with van der Waals surface area (Å²) in [5.74, 6) is 2.10. The van der Waals surface area contributed by atoms with E-state index in [1.165, 1.54) is 13.3 Å². The van der Waals surface area contributed by atoms with Crippen LogP contribution in [-0.2, 0) is 10.3 Å². The summed E-state index contributed by atoms with van der Waals surface area (Å²) in [5, 5.41) is 4.76. The Labute approximate surface area is 108 Å². The van der Waals surface area contributed by atoms with Crippen LogP contribution in [0.4, 0.5) is 0 Å². The minimum atomic E-state index is -4.31. The predicted octanol–water partition coefficient (Wildman–Crippen LogP) is 0.165. The molecule has 102 valence electrons. The fourth-order valence-corrected chi connectivity index (χ4v) is 2.19. The highest BCUT2D eigenvalue weighted by molar-refractivity contribution is 7.98.